The smallest absolute Gasteiger partial charge is 0.303 e. The molecule has 3 nitrogen and oxygen atoms in total. The molecular formula is C20H30O3S. The Balaban J connectivity index is 2.77. The second-order valence-corrected chi connectivity index (χ2v) is 8.64. The van der Waals surface area contributed by atoms with Crippen molar-refractivity contribution >= 4 is 22.8 Å². The van der Waals surface area contributed by atoms with Gasteiger partial charge in [-0.25, -0.2) is 0 Å². The summed E-state index contributed by atoms with van der Waals surface area (Å²) < 4.78 is 0. The van der Waals surface area contributed by atoms with Gasteiger partial charge in [0, 0.05) is 18.1 Å². The van der Waals surface area contributed by atoms with Gasteiger partial charge in [-0.1, -0.05) is 43.3 Å². The first kappa shape index (κ1) is 20.8. The molecule has 2 atom stereocenters. The molecule has 1 unspecified atom stereocenters. The van der Waals surface area contributed by atoms with Gasteiger partial charge in [-0.3, -0.25) is 9.59 Å². The van der Waals surface area contributed by atoms with E-state index in [1.165, 1.54) is 34.0 Å². The van der Waals surface area contributed by atoms with Crippen LogP contribution in [-0.4, -0.2) is 16.2 Å². The van der Waals surface area contributed by atoms with Crippen molar-refractivity contribution < 1.29 is 14.7 Å². The fourth-order valence-corrected chi connectivity index (χ4v) is 4.74. The lowest BCUT2D eigenvalue weighted by Gasteiger charge is -2.20. The van der Waals surface area contributed by atoms with E-state index in [2.05, 4.69) is 53.7 Å². The molecule has 0 aliphatic carbocycles. The molecule has 0 heterocycles. The number of aryl methyl sites for hydroxylation is 3. The van der Waals surface area contributed by atoms with Gasteiger partial charge in [-0.05, 0) is 62.6 Å². The minimum absolute atomic E-state index is 0.0709. The first-order valence-corrected chi connectivity index (χ1v) is 9.47. The summed E-state index contributed by atoms with van der Waals surface area (Å²) in [5.74, 6) is -0.502. The number of hydrogen-bond acceptors (Lipinski definition) is 3. The molecular weight excluding hydrogens is 320 g/mol. The molecule has 24 heavy (non-hydrogen) atoms. The maximum Gasteiger partial charge on any atom is 0.303 e. The van der Waals surface area contributed by atoms with Gasteiger partial charge >= 0.3 is 5.97 Å². The first-order chi connectivity index (χ1) is 11.1. The van der Waals surface area contributed by atoms with Crippen molar-refractivity contribution in [3.05, 3.63) is 34.4 Å². The fourth-order valence-electron chi connectivity index (χ4n) is 3.52. The summed E-state index contributed by atoms with van der Waals surface area (Å²) in [5.41, 5.74) is 4.88. The molecule has 1 aromatic rings. The highest BCUT2D eigenvalue weighted by atomic mass is 32.2. The van der Waals surface area contributed by atoms with Gasteiger partial charge < -0.3 is 5.11 Å². The van der Waals surface area contributed by atoms with E-state index in [-0.39, 0.29) is 22.7 Å². The monoisotopic (exact) mass is 350 g/mol. The van der Waals surface area contributed by atoms with E-state index in [9.17, 15) is 9.59 Å². The van der Waals surface area contributed by atoms with Crippen molar-refractivity contribution in [1.82, 2.24) is 0 Å². The topological polar surface area (TPSA) is 54.4 Å². The van der Waals surface area contributed by atoms with E-state index >= 15 is 0 Å². The third-order valence-electron chi connectivity index (χ3n) is 4.18. The van der Waals surface area contributed by atoms with Crippen LogP contribution in [0.4, 0.5) is 0 Å². The molecule has 4 heteroatoms. The van der Waals surface area contributed by atoms with Crippen molar-refractivity contribution in [2.45, 2.75) is 66.1 Å². The molecule has 0 amide bonds. The van der Waals surface area contributed by atoms with Crippen molar-refractivity contribution in [3.8, 4) is 0 Å². The summed E-state index contributed by atoms with van der Waals surface area (Å²) in [6.07, 6.45) is 1.18. The molecule has 0 fully saturated rings. The summed E-state index contributed by atoms with van der Waals surface area (Å²) in [4.78, 5) is 23.5. The molecule has 0 radical (unpaired) electrons. The lowest BCUT2D eigenvalue weighted by Crippen LogP contribution is -2.14. The number of carboxylic acid groups (broad SMARTS) is 1. The zero-order valence-electron chi connectivity index (χ0n) is 15.7. The summed E-state index contributed by atoms with van der Waals surface area (Å²) in [7, 11) is 0. The van der Waals surface area contributed by atoms with E-state index in [4.69, 9.17) is 5.11 Å². The summed E-state index contributed by atoms with van der Waals surface area (Å²) in [5, 5.41) is 9.23. The van der Waals surface area contributed by atoms with Crippen molar-refractivity contribution in [1.29, 1.82) is 0 Å². The summed E-state index contributed by atoms with van der Waals surface area (Å²) in [6.45, 7) is 12.4. The molecule has 0 aliphatic heterocycles. The first-order valence-electron chi connectivity index (χ1n) is 8.59. The highest BCUT2D eigenvalue weighted by molar-refractivity contribution is 8.13. The van der Waals surface area contributed by atoms with E-state index in [1.54, 1.807) is 0 Å². The van der Waals surface area contributed by atoms with Crippen LogP contribution in [-0.2, 0) is 9.59 Å². The molecule has 1 rings (SSSR count). The number of carbonyl (C=O) groups is 2. The van der Waals surface area contributed by atoms with E-state index < -0.39 is 5.97 Å². The maximum atomic E-state index is 12.5. The highest BCUT2D eigenvalue weighted by Gasteiger charge is 2.22. The van der Waals surface area contributed by atoms with Crippen LogP contribution in [0.5, 0.6) is 0 Å². The van der Waals surface area contributed by atoms with Gasteiger partial charge in [-0.15, -0.1) is 0 Å². The Morgan fingerprint density at radius 1 is 1.04 bits per heavy atom. The molecule has 0 bridgehead atoms. The quantitative estimate of drug-likeness (QED) is 0.676. The lowest BCUT2D eigenvalue weighted by molar-refractivity contribution is -0.138. The number of aliphatic carboxylic acids is 1. The minimum atomic E-state index is -0.822. The largest absolute Gasteiger partial charge is 0.481 e. The molecule has 0 saturated carbocycles. The number of benzene rings is 1. The SMILES string of the molecule is Cc1cc(C)c([C@H](C)SC(=O)CC(CC(=O)O)CC(C)C)c(C)c1. The van der Waals surface area contributed by atoms with Gasteiger partial charge in [0.2, 0.25) is 0 Å². The average Bonchev–Trinajstić information content (AvgIpc) is 2.34. The number of thioether (sulfide) groups is 1. The molecule has 0 saturated heterocycles. The van der Waals surface area contributed by atoms with Crippen molar-refractivity contribution in [2.24, 2.45) is 11.8 Å². The Morgan fingerprint density at radius 3 is 2.04 bits per heavy atom. The zero-order valence-corrected chi connectivity index (χ0v) is 16.5. The number of rotatable bonds is 8. The van der Waals surface area contributed by atoms with E-state index in [0.717, 1.165) is 6.42 Å². The number of carbonyl (C=O) groups excluding carboxylic acids is 1. The van der Waals surface area contributed by atoms with Gasteiger partial charge in [0.25, 0.3) is 0 Å². The van der Waals surface area contributed by atoms with E-state index in [0.29, 0.717) is 12.3 Å². The molecule has 1 aromatic carbocycles. The zero-order chi connectivity index (χ0) is 18.4. The second-order valence-electron chi connectivity index (χ2n) is 7.24. The third-order valence-corrected chi connectivity index (χ3v) is 5.19. The number of hydrogen-bond donors (Lipinski definition) is 1. The van der Waals surface area contributed by atoms with Crippen LogP contribution in [0.3, 0.4) is 0 Å². The van der Waals surface area contributed by atoms with Gasteiger partial charge in [0.15, 0.2) is 5.12 Å². The van der Waals surface area contributed by atoms with Crippen molar-refractivity contribution in [3.63, 3.8) is 0 Å². The second kappa shape index (κ2) is 9.26. The fraction of sp³-hybridized carbons (Fsp3) is 0.600. The Labute approximate surface area is 150 Å². The number of carboxylic acids is 1. The van der Waals surface area contributed by atoms with Crippen LogP contribution in [0.25, 0.3) is 0 Å². The van der Waals surface area contributed by atoms with Crippen LogP contribution in [0.15, 0.2) is 12.1 Å². The minimum Gasteiger partial charge on any atom is -0.481 e. The third kappa shape index (κ3) is 6.68. The predicted molar refractivity (Wildman–Crippen MR) is 101 cm³/mol. The maximum absolute atomic E-state index is 12.5. The standard InChI is InChI=1S/C20H30O3S/c1-12(2)7-17(10-18(21)22)11-19(23)24-16(6)20-14(4)8-13(3)9-15(20)5/h8-9,12,16-17H,7,10-11H2,1-6H3,(H,21,22)/t16-,17?/m0/s1. The molecule has 0 aromatic heterocycles. The predicted octanol–water partition coefficient (Wildman–Crippen LogP) is 5.46. The Hall–Kier alpha value is -1.29. The van der Waals surface area contributed by atoms with Crippen LogP contribution in [0.2, 0.25) is 0 Å². The van der Waals surface area contributed by atoms with Crippen LogP contribution in [0, 0.1) is 32.6 Å². The van der Waals surface area contributed by atoms with Crippen LogP contribution in [0.1, 0.15) is 67.5 Å². The molecule has 0 aliphatic rings. The molecule has 0 spiro atoms. The van der Waals surface area contributed by atoms with Crippen LogP contribution >= 0.6 is 11.8 Å². The Morgan fingerprint density at radius 2 is 1.58 bits per heavy atom. The van der Waals surface area contributed by atoms with Crippen LogP contribution < -0.4 is 0 Å². The van der Waals surface area contributed by atoms with E-state index in [1.807, 2.05) is 0 Å². The Kier molecular flexibility index (Phi) is 8.01. The average molecular weight is 351 g/mol. The van der Waals surface area contributed by atoms with Gasteiger partial charge in [0.05, 0.1) is 0 Å². The summed E-state index contributed by atoms with van der Waals surface area (Å²) in [6, 6.07) is 4.30. The van der Waals surface area contributed by atoms with Gasteiger partial charge in [-0.2, -0.15) is 0 Å². The van der Waals surface area contributed by atoms with Crippen molar-refractivity contribution in [2.75, 3.05) is 0 Å². The highest BCUT2D eigenvalue weighted by Crippen LogP contribution is 2.36. The molecule has 1 N–H and O–H groups in total. The lowest BCUT2D eigenvalue weighted by atomic mass is 9.92. The molecule has 134 valence electrons. The normalized spacial score (nSPS) is 13.8. The summed E-state index contributed by atoms with van der Waals surface area (Å²) >= 11 is 1.34. The Bertz CT molecular complexity index is 570. The van der Waals surface area contributed by atoms with Gasteiger partial charge in [0.1, 0.15) is 0 Å².